The van der Waals surface area contributed by atoms with Gasteiger partial charge in [-0.3, -0.25) is 14.4 Å². The zero-order valence-corrected chi connectivity index (χ0v) is 12.0. The van der Waals surface area contributed by atoms with E-state index in [4.69, 9.17) is 5.11 Å². The molecule has 4 nitrogen and oxygen atoms in total. The van der Waals surface area contributed by atoms with E-state index in [1.165, 1.54) is 18.7 Å². The van der Waals surface area contributed by atoms with Gasteiger partial charge in [0.05, 0.1) is 6.42 Å². The molecule has 0 saturated carbocycles. The Balaban J connectivity index is 2.53. The molecule has 20 heavy (non-hydrogen) atoms. The largest absolute Gasteiger partial charge is 0.481 e. The zero-order chi connectivity index (χ0) is 15.0. The number of hydrogen-bond acceptors (Lipinski definition) is 4. The van der Waals surface area contributed by atoms with E-state index in [1.54, 1.807) is 24.3 Å². The first kappa shape index (κ1) is 16.2. The molecule has 106 valence electrons. The summed E-state index contributed by atoms with van der Waals surface area (Å²) in [5.41, 5.74) is 1.45. The topological polar surface area (TPSA) is 71.4 Å². The zero-order valence-electron chi connectivity index (χ0n) is 11.2. The minimum absolute atomic E-state index is 0.0137. The average Bonchev–Trinajstić information content (AvgIpc) is 2.41. The molecular formula is C15H16O4S. The number of carboxylic acids is 1. The van der Waals surface area contributed by atoms with Crippen molar-refractivity contribution in [3.63, 3.8) is 0 Å². The van der Waals surface area contributed by atoms with E-state index < -0.39 is 5.97 Å². The smallest absolute Gasteiger partial charge is 0.303 e. The SMILES string of the molecule is CC(=O)SCC=Cc1ccc(C(=O)CCC(=O)O)cc1. The lowest BCUT2D eigenvalue weighted by atomic mass is 10.0. The van der Waals surface area contributed by atoms with Crippen LogP contribution in [0.3, 0.4) is 0 Å². The highest BCUT2D eigenvalue weighted by molar-refractivity contribution is 8.13. The Morgan fingerprint density at radius 3 is 2.35 bits per heavy atom. The number of aliphatic carboxylic acids is 1. The first-order valence-corrected chi connectivity index (χ1v) is 7.12. The van der Waals surface area contributed by atoms with E-state index in [2.05, 4.69) is 0 Å². The van der Waals surface area contributed by atoms with E-state index in [9.17, 15) is 14.4 Å². The van der Waals surface area contributed by atoms with Crippen molar-refractivity contribution >= 4 is 34.7 Å². The van der Waals surface area contributed by atoms with Gasteiger partial charge in [0.25, 0.3) is 0 Å². The van der Waals surface area contributed by atoms with Crippen molar-refractivity contribution < 1.29 is 19.5 Å². The molecule has 0 bridgehead atoms. The highest BCUT2D eigenvalue weighted by Crippen LogP contribution is 2.10. The quantitative estimate of drug-likeness (QED) is 0.782. The van der Waals surface area contributed by atoms with Crippen LogP contribution in [0.15, 0.2) is 30.3 Å². The first-order chi connectivity index (χ1) is 9.49. The number of rotatable bonds is 7. The molecule has 1 aromatic rings. The van der Waals surface area contributed by atoms with Crippen LogP contribution in [0.4, 0.5) is 0 Å². The maximum atomic E-state index is 11.7. The molecule has 0 amide bonds. The molecule has 0 aromatic heterocycles. The summed E-state index contributed by atoms with van der Waals surface area (Å²) in [5.74, 6) is -0.523. The summed E-state index contributed by atoms with van der Waals surface area (Å²) in [6.07, 6.45) is 3.62. The Morgan fingerprint density at radius 2 is 1.80 bits per heavy atom. The van der Waals surface area contributed by atoms with Gasteiger partial charge in [0.2, 0.25) is 0 Å². The van der Waals surface area contributed by atoms with Gasteiger partial charge in [-0.05, 0) is 5.56 Å². The lowest BCUT2D eigenvalue weighted by Gasteiger charge is -2.00. The normalized spacial score (nSPS) is 10.7. The second-order valence-electron chi connectivity index (χ2n) is 4.14. The third-order valence-electron chi connectivity index (χ3n) is 2.49. The van der Waals surface area contributed by atoms with E-state index in [0.717, 1.165) is 5.56 Å². The van der Waals surface area contributed by atoms with Crippen molar-refractivity contribution in [3.8, 4) is 0 Å². The first-order valence-electron chi connectivity index (χ1n) is 6.14. The molecule has 0 unspecified atom stereocenters. The second kappa shape index (κ2) is 8.32. The summed E-state index contributed by atoms with van der Waals surface area (Å²) in [7, 11) is 0. The third-order valence-corrected chi connectivity index (χ3v) is 3.26. The molecule has 0 heterocycles. The van der Waals surface area contributed by atoms with Crippen molar-refractivity contribution in [2.24, 2.45) is 0 Å². The molecule has 1 aromatic carbocycles. The Kier molecular flexibility index (Phi) is 6.73. The van der Waals surface area contributed by atoms with Crippen LogP contribution in [0, 0.1) is 0 Å². The number of thioether (sulfide) groups is 1. The van der Waals surface area contributed by atoms with Crippen molar-refractivity contribution in [3.05, 3.63) is 41.5 Å². The fourth-order valence-electron chi connectivity index (χ4n) is 1.49. The lowest BCUT2D eigenvalue weighted by Crippen LogP contribution is -2.03. The Labute approximate surface area is 121 Å². The lowest BCUT2D eigenvalue weighted by molar-refractivity contribution is -0.136. The van der Waals surface area contributed by atoms with Crippen LogP contribution in [0.5, 0.6) is 0 Å². The number of carbonyl (C=O) groups excluding carboxylic acids is 2. The number of ketones is 1. The van der Waals surface area contributed by atoms with Crippen LogP contribution in [-0.2, 0) is 9.59 Å². The minimum atomic E-state index is -0.971. The molecular weight excluding hydrogens is 276 g/mol. The molecule has 0 atom stereocenters. The maximum Gasteiger partial charge on any atom is 0.303 e. The van der Waals surface area contributed by atoms with E-state index >= 15 is 0 Å². The molecule has 0 aliphatic rings. The van der Waals surface area contributed by atoms with Gasteiger partial charge in [-0.15, -0.1) is 0 Å². The molecule has 0 aliphatic carbocycles. The number of carbonyl (C=O) groups is 3. The van der Waals surface area contributed by atoms with Crippen molar-refractivity contribution in [1.82, 2.24) is 0 Å². The Morgan fingerprint density at radius 1 is 1.15 bits per heavy atom. The molecule has 1 rings (SSSR count). The predicted octanol–water partition coefficient (Wildman–Crippen LogP) is 3.03. The maximum absolute atomic E-state index is 11.7. The van der Waals surface area contributed by atoms with Gasteiger partial charge in [-0.1, -0.05) is 48.2 Å². The van der Waals surface area contributed by atoms with Gasteiger partial charge >= 0.3 is 5.97 Å². The fraction of sp³-hybridized carbons (Fsp3) is 0.267. The number of benzene rings is 1. The summed E-state index contributed by atoms with van der Waals surface area (Å²) in [6, 6.07) is 6.95. The van der Waals surface area contributed by atoms with Gasteiger partial charge in [0, 0.05) is 24.7 Å². The van der Waals surface area contributed by atoms with Crippen LogP contribution in [0.1, 0.15) is 35.7 Å². The number of hydrogen-bond donors (Lipinski definition) is 1. The molecule has 0 aliphatic heterocycles. The number of Topliss-reactive ketones (excluding diaryl/α,β-unsaturated/α-hetero) is 1. The summed E-state index contributed by atoms with van der Waals surface area (Å²) in [6.45, 7) is 1.52. The average molecular weight is 292 g/mol. The van der Waals surface area contributed by atoms with Crippen LogP contribution >= 0.6 is 11.8 Å². The molecule has 0 fully saturated rings. The monoisotopic (exact) mass is 292 g/mol. The molecule has 1 N–H and O–H groups in total. The standard InChI is InChI=1S/C15H16O4S/c1-11(16)20-10-2-3-12-4-6-13(7-5-12)14(17)8-9-15(18)19/h2-7H,8-10H2,1H3,(H,18,19). The summed E-state index contributed by atoms with van der Waals surface area (Å²) >= 11 is 1.23. The van der Waals surface area contributed by atoms with Gasteiger partial charge in [-0.2, -0.15) is 0 Å². The Bertz CT molecular complexity index is 517. The van der Waals surface area contributed by atoms with Crippen LogP contribution in [0.25, 0.3) is 6.08 Å². The summed E-state index contributed by atoms with van der Waals surface area (Å²) in [4.78, 5) is 32.8. The fourth-order valence-corrected chi connectivity index (χ4v) is 1.92. The highest BCUT2D eigenvalue weighted by Gasteiger charge is 2.07. The number of carboxylic acid groups (broad SMARTS) is 1. The van der Waals surface area contributed by atoms with E-state index in [-0.39, 0.29) is 23.7 Å². The summed E-state index contributed by atoms with van der Waals surface area (Å²) in [5, 5.41) is 8.60. The third kappa shape index (κ3) is 6.33. The summed E-state index contributed by atoms with van der Waals surface area (Å²) < 4.78 is 0. The van der Waals surface area contributed by atoms with Crippen molar-refractivity contribution in [2.45, 2.75) is 19.8 Å². The van der Waals surface area contributed by atoms with Crippen LogP contribution < -0.4 is 0 Å². The van der Waals surface area contributed by atoms with Crippen LogP contribution in [0.2, 0.25) is 0 Å². The molecule has 5 heteroatoms. The Hall–Kier alpha value is -1.88. The van der Waals surface area contributed by atoms with Crippen molar-refractivity contribution in [2.75, 3.05) is 5.75 Å². The van der Waals surface area contributed by atoms with Gasteiger partial charge in [-0.25, -0.2) is 0 Å². The highest BCUT2D eigenvalue weighted by atomic mass is 32.2. The van der Waals surface area contributed by atoms with Gasteiger partial charge in [0.15, 0.2) is 10.9 Å². The van der Waals surface area contributed by atoms with Gasteiger partial charge < -0.3 is 5.11 Å². The van der Waals surface area contributed by atoms with Gasteiger partial charge in [0.1, 0.15) is 0 Å². The molecule has 0 radical (unpaired) electrons. The van der Waals surface area contributed by atoms with Crippen LogP contribution in [-0.4, -0.2) is 27.7 Å². The molecule has 0 spiro atoms. The minimum Gasteiger partial charge on any atom is -0.481 e. The van der Waals surface area contributed by atoms with E-state index in [0.29, 0.717) is 11.3 Å². The van der Waals surface area contributed by atoms with Crippen molar-refractivity contribution in [1.29, 1.82) is 0 Å². The van der Waals surface area contributed by atoms with E-state index in [1.807, 2.05) is 12.2 Å². The second-order valence-corrected chi connectivity index (χ2v) is 5.34. The predicted molar refractivity (Wildman–Crippen MR) is 79.8 cm³/mol. The molecule has 0 saturated heterocycles.